The highest BCUT2D eigenvalue weighted by Crippen LogP contribution is 2.24. The van der Waals surface area contributed by atoms with E-state index in [4.69, 9.17) is 8.92 Å². The molecular weight excluding hydrogens is 354 g/mol. The third kappa shape index (κ3) is 3.86. The summed E-state index contributed by atoms with van der Waals surface area (Å²) in [6, 6.07) is 11.1. The van der Waals surface area contributed by atoms with Gasteiger partial charge in [-0.2, -0.15) is 8.42 Å². The summed E-state index contributed by atoms with van der Waals surface area (Å²) >= 11 is 0. The molecule has 7 nitrogen and oxygen atoms in total. The molecule has 0 aliphatic rings. The van der Waals surface area contributed by atoms with Crippen molar-refractivity contribution in [3.63, 3.8) is 0 Å². The number of sulfonamides is 1. The van der Waals surface area contributed by atoms with E-state index in [1.54, 1.807) is 12.1 Å². The molecule has 2 aromatic carbocycles. The van der Waals surface area contributed by atoms with Crippen LogP contribution in [0.25, 0.3) is 0 Å². The predicted molar refractivity (Wildman–Crippen MR) is 88.1 cm³/mol. The normalized spacial score (nSPS) is 12.2. The van der Waals surface area contributed by atoms with E-state index in [2.05, 4.69) is 0 Å². The van der Waals surface area contributed by atoms with E-state index in [1.165, 1.54) is 51.5 Å². The highest BCUT2D eigenvalue weighted by molar-refractivity contribution is 7.89. The molecule has 0 aliphatic heterocycles. The number of rotatable bonds is 6. The van der Waals surface area contributed by atoms with Crippen molar-refractivity contribution in [1.82, 2.24) is 4.31 Å². The molecule has 0 saturated carbocycles. The predicted octanol–water partition coefficient (Wildman–Crippen LogP) is 1.71. The monoisotopic (exact) mass is 371 g/mol. The van der Waals surface area contributed by atoms with Crippen molar-refractivity contribution in [2.75, 3.05) is 21.2 Å². The molecule has 0 bridgehead atoms. The third-order valence-electron chi connectivity index (χ3n) is 3.12. The lowest BCUT2D eigenvalue weighted by molar-refractivity contribution is 0.411. The van der Waals surface area contributed by atoms with E-state index >= 15 is 0 Å². The summed E-state index contributed by atoms with van der Waals surface area (Å²) in [5, 5.41) is 0. The van der Waals surface area contributed by atoms with Crippen LogP contribution in [0, 0.1) is 0 Å². The topological polar surface area (TPSA) is 90.0 Å². The van der Waals surface area contributed by atoms with Crippen molar-refractivity contribution < 1.29 is 25.8 Å². The van der Waals surface area contributed by atoms with Gasteiger partial charge in [-0.05, 0) is 30.3 Å². The van der Waals surface area contributed by atoms with Crippen molar-refractivity contribution in [3.05, 3.63) is 48.5 Å². The fourth-order valence-electron chi connectivity index (χ4n) is 1.83. The van der Waals surface area contributed by atoms with Crippen LogP contribution in [0.1, 0.15) is 0 Å². The van der Waals surface area contributed by atoms with Crippen LogP contribution in [0.4, 0.5) is 0 Å². The summed E-state index contributed by atoms with van der Waals surface area (Å²) in [7, 11) is -3.76. The Morgan fingerprint density at radius 2 is 1.42 bits per heavy atom. The molecule has 24 heavy (non-hydrogen) atoms. The molecule has 9 heteroatoms. The Balaban J connectivity index is 2.40. The fourth-order valence-corrected chi connectivity index (χ4v) is 3.82. The molecule has 130 valence electrons. The van der Waals surface area contributed by atoms with Crippen LogP contribution in [0.2, 0.25) is 0 Å². The van der Waals surface area contributed by atoms with Crippen molar-refractivity contribution in [3.8, 4) is 11.5 Å². The van der Waals surface area contributed by atoms with E-state index in [0.29, 0.717) is 5.75 Å². The maximum atomic E-state index is 12.4. The lowest BCUT2D eigenvalue weighted by atomic mass is 10.3. The fraction of sp³-hybridized carbons (Fsp3) is 0.200. The Morgan fingerprint density at radius 3 is 2.04 bits per heavy atom. The number of benzene rings is 2. The lowest BCUT2D eigenvalue weighted by Crippen LogP contribution is -2.22. The van der Waals surface area contributed by atoms with Crippen LogP contribution < -0.4 is 8.92 Å². The van der Waals surface area contributed by atoms with Crippen LogP contribution in [0.5, 0.6) is 11.5 Å². The van der Waals surface area contributed by atoms with Crippen LogP contribution in [-0.4, -0.2) is 42.3 Å². The summed E-state index contributed by atoms with van der Waals surface area (Å²) in [5.74, 6) is 0.502. The zero-order chi connectivity index (χ0) is 18.0. The zero-order valence-electron chi connectivity index (χ0n) is 13.3. The molecule has 2 aromatic rings. The summed E-state index contributed by atoms with van der Waals surface area (Å²) < 4.78 is 60.1. The number of methoxy groups -OCH3 is 1. The first kappa shape index (κ1) is 18.2. The Labute approximate surface area is 141 Å². The minimum Gasteiger partial charge on any atom is -0.497 e. The number of ether oxygens (including phenoxy) is 1. The molecular formula is C15H17NO6S2. The van der Waals surface area contributed by atoms with Gasteiger partial charge in [-0.25, -0.2) is 12.7 Å². The number of hydrogen-bond donors (Lipinski definition) is 0. The summed E-state index contributed by atoms with van der Waals surface area (Å²) in [6.45, 7) is 0. The van der Waals surface area contributed by atoms with E-state index < -0.39 is 20.1 Å². The van der Waals surface area contributed by atoms with Gasteiger partial charge >= 0.3 is 10.1 Å². The van der Waals surface area contributed by atoms with Crippen molar-refractivity contribution in [1.29, 1.82) is 0 Å². The van der Waals surface area contributed by atoms with E-state index in [0.717, 1.165) is 10.4 Å². The highest BCUT2D eigenvalue weighted by atomic mass is 32.2. The second-order valence-electron chi connectivity index (χ2n) is 4.98. The van der Waals surface area contributed by atoms with Gasteiger partial charge in [0.1, 0.15) is 16.4 Å². The van der Waals surface area contributed by atoms with Gasteiger partial charge in [0.15, 0.2) is 0 Å². The summed E-state index contributed by atoms with van der Waals surface area (Å²) in [6.07, 6.45) is 0. The first-order chi connectivity index (χ1) is 11.2. The van der Waals surface area contributed by atoms with E-state index in [1.807, 2.05) is 0 Å². The van der Waals surface area contributed by atoms with Gasteiger partial charge in [-0.1, -0.05) is 12.1 Å². The van der Waals surface area contributed by atoms with Gasteiger partial charge < -0.3 is 8.92 Å². The van der Waals surface area contributed by atoms with Crippen LogP contribution in [-0.2, 0) is 20.1 Å². The Morgan fingerprint density at radius 1 is 0.833 bits per heavy atom. The van der Waals surface area contributed by atoms with Crippen LogP contribution >= 0.6 is 0 Å². The standard InChI is InChI=1S/C15H17NO6S2/c1-16(2)23(17,18)14-8-5-9-15(11-14)24(19,20)22-13-7-4-6-12(10-13)21-3/h4-11H,1-3H3. The van der Waals surface area contributed by atoms with E-state index in [-0.39, 0.29) is 15.5 Å². The molecule has 0 fully saturated rings. The SMILES string of the molecule is COc1cccc(OS(=O)(=O)c2cccc(S(=O)(=O)N(C)C)c2)c1. The Bertz CT molecular complexity index is 936. The van der Waals surface area contributed by atoms with Crippen LogP contribution in [0.15, 0.2) is 58.3 Å². The van der Waals surface area contributed by atoms with Gasteiger partial charge in [-0.3, -0.25) is 0 Å². The molecule has 0 atom stereocenters. The maximum absolute atomic E-state index is 12.4. The summed E-state index contributed by atoms with van der Waals surface area (Å²) in [4.78, 5) is -0.393. The van der Waals surface area contributed by atoms with Gasteiger partial charge in [0.2, 0.25) is 10.0 Å². The molecule has 0 spiro atoms. The molecule has 0 amide bonds. The second-order valence-corrected chi connectivity index (χ2v) is 8.68. The molecule has 0 unspecified atom stereocenters. The average Bonchev–Trinajstić information content (AvgIpc) is 2.54. The molecule has 0 aromatic heterocycles. The van der Waals surface area contributed by atoms with Crippen molar-refractivity contribution >= 4 is 20.1 Å². The van der Waals surface area contributed by atoms with Crippen molar-refractivity contribution in [2.24, 2.45) is 0 Å². The van der Waals surface area contributed by atoms with Crippen molar-refractivity contribution in [2.45, 2.75) is 9.79 Å². The first-order valence-electron chi connectivity index (χ1n) is 6.78. The number of nitrogens with zero attached hydrogens (tertiary/aromatic N) is 1. The highest BCUT2D eigenvalue weighted by Gasteiger charge is 2.22. The van der Waals surface area contributed by atoms with E-state index in [9.17, 15) is 16.8 Å². The molecule has 0 saturated heterocycles. The Kier molecular flexibility index (Phi) is 5.16. The van der Waals surface area contributed by atoms with Gasteiger partial charge in [0.05, 0.1) is 12.0 Å². The quantitative estimate of drug-likeness (QED) is 0.718. The molecule has 0 N–H and O–H groups in total. The van der Waals surface area contributed by atoms with Crippen LogP contribution in [0.3, 0.4) is 0 Å². The molecule has 0 heterocycles. The molecule has 0 radical (unpaired) electrons. The average molecular weight is 371 g/mol. The number of hydrogen-bond acceptors (Lipinski definition) is 6. The third-order valence-corrected chi connectivity index (χ3v) is 6.17. The molecule has 0 aliphatic carbocycles. The maximum Gasteiger partial charge on any atom is 0.339 e. The first-order valence-corrected chi connectivity index (χ1v) is 9.63. The minimum absolute atomic E-state index is 0.0650. The molecule has 2 rings (SSSR count). The van der Waals surface area contributed by atoms with Gasteiger partial charge in [0.25, 0.3) is 0 Å². The zero-order valence-corrected chi connectivity index (χ0v) is 15.0. The summed E-state index contributed by atoms with van der Waals surface area (Å²) in [5.41, 5.74) is 0. The smallest absolute Gasteiger partial charge is 0.339 e. The van der Waals surface area contributed by atoms with Gasteiger partial charge in [-0.15, -0.1) is 0 Å². The van der Waals surface area contributed by atoms with Gasteiger partial charge in [0, 0.05) is 20.2 Å². The lowest BCUT2D eigenvalue weighted by Gasteiger charge is -2.13. The largest absolute Gasteiger partial charge is 0.497 e. The minimum atomic E-state index is -4.19. The second kappa shape index (κ2) is 6.80. The Hall–Kier alpha value is -2.10.